The zero-order valence-electron chi connectivity index (χ0n) is 16.7. The zero-order valence-corrected chi connectivity index (χ0v) is 16.7. The van der Waals surface area contributed by atoms with Gasteiger partial charge < -0.3 is 4.52 Å². The van der Waals surface area contributed by atoms with Gasteiger partial charge in [0.15, 0.2) is 5.78 Å². The number of nitrogens with zero attached hydrogens (tertiary/aromatic N) is 3. The van der Waals surface area contributed by atoms with Crippen LogP contribution in [0, 0.1) is 6.92 Å². The molecule has 29 heavy (non-hydrogen) atoms. The third-order valence-electron chi connectivity index (χ3n) is 6.30. The first-order valence-electron chi connectivity index (χ1n) is 10.2. The zero-order chi connectivity index (χ0) is 19.8. The van der Waals surface area contributed by atoms with E-state index in [1.165, 1.54) is 5.56 Å². The van der Waals surface area contributed by atoms with E-state index in [2.05, 4.69) is 51.4 Å². The molecule has 0 bridgehead atoms. The van der Waals surface area contributed by atoms with E-state index in [0.29, 0.717) is 6.42 Å². The number of rotatable bonds is 4. The molecular weight excluding hydrogens is 362 g/mol. The highest BCUT2D eigenvalue weighted by atomic mass is 16.5. The lowest BCUT2D eigenvalue weighted by Crippen LogP contribution is -2.58. The van der Waals surface area contributed by atoms with Gasteiger partial charge in [0.1, 0.15) is 17.0 Å². The van der Waals surface area contributed by atoms with E-state index in [4.69, 9.17) is 4.52 Å². The van der Waals surface area contributed by atoms with Crippen LogP contribution in [0.4, 0.5) is 0 Å². The van der Waals surface area contributed by atoms with E-state index < -0.39 is 5.54 Å². The van der Waals surface area contributed by atoms with Crippen molar-refractivity contribution in [1.29, 1.82) is 0 Å². The van der Waals surface area contributed by atoms with E-state index in [0.717, 1.165) is 55.3 Å². The molecule has 0 spiro atoms. The molecule has 3 aromatic rings. The van der Waals surface area contributed by atoms with Crippen molar-refractivity contribution in [3.05, 3.63) is 88.8 Å². The fourth-order valence-corrected chi connectivity index (χ4v) is 4.79. The summed E-state index contributed by atoms with van der Waals surface area (Å²) in [6, 6.07) is 20.4. The van der Waals surface area contributed by atoms with Crippen LogP contribution < -0.4 is 0 Å². The molecule has 2 aliphatic rings. The fourth-order valence-electron chi connectivity index (χ4n) is 4.79. The molecule has 148 valence electrons. The smallest absolute Gasteiger partial charge is 0.189 e. The predicted molar refractivity (Wildman–Crippen MR) is 111 cm³/mol. The Hall–Kier alpha value is -2.76. The van der Waals surface area contributed by atoms with Gasteiger partial charge in [-0.05, 0) is 18.1 Å². The van der Waals surface area contributed by atoms with Gasteiger partial charge in [-0.25, -0.2) is 0 Å². The Labute approximate surface area is 170 Å². The summed E-state index contributed by atoms with van der Waals surface area (Å²) < 4.78 is 5.40. The summed E-state index contributed by atoms with van der Waals surface area (Å²) in [6.45, 7) is 6.35. The van der Waals surface area contributed by atoms with Crippen LogP contribution in [0.1, 0.15) is 32.9 Å². The van der Waals surface area contributed by atoms with Crippen molar-refractivity contribution in [3.63, 3.8) is 0 Å². The van der Waals surface area contributed by atoms with E-state index >= 15 is 0 Å². The van der Waals surface area contributed by atoms with E-state index in [-0.39, 0.29) is 5.78 Å². The quantitative estimate of drug-likeness (QED) is 0.686. The minimum atomic E-state index is -0.750. The van der Waals surface area contributed by atoms with Gasteiger partial charge in [0.25, 0.3) is 0 Å². The van der Waals surface area contributed by atoms with Crippen LogP contribution in [0.15, 0.2) is 65.2 Å². The van der Waals surface area contributed by atoms with Crippen molar-refractivity contribution in [2.24, 2.45) is 0 Å². The minimum Gasteiger partial charge on any atom is -0.361 e. The molecule has 5 rings (SSSR count). The van der Waals surface area contributed by atoms with Crippen molar-refractivity contribution in [2.45, 2.75) is 25.4 Å². The molecule has 2 heterocycles. The molecule has 1 fully saturated rings. The number of aromatic nitrogens is 1. The van der Waals surface area contributed by atoms with Gasteiger partial charge in [-0.15, -0.1) is 0 Å². The van der Waals surface area contributed by atoms with Crippen LogP contribution in [-0.4, -0.2) is 46.9 Å². The van der Waals surface area contributed by atoms with Crippen molar-refractivity contribution in [2.75, 3.05) is 26.2 Å². The number of piperazine rings is 1. The van der Waals surface area contributed by atoms with Gasteiger partial charge in [0, 0.05) is 50.8 Å². The SMILES string of the molecule is Cc1cc(C2(N3CCN(Cc4ccccc4)CC3)Cc3ccccc3C2=O)no1. The first-order valence-corrected chi connectivity index (χ1v) is 10.2. The number of aryl methyl sites for hydroxylation is 1. The third kappa shape index (κ3) is 3.11. The first-order chi connectivity index (χ1) is 14.2. The Kier molecular flexibility index (Phi) is 4.57. The topological polar surface area (TPSA) is 49.6 Å². The number of carbonyl (C=O) groups excluding carboxylic acids is 1. The van der Waals surface area contributed by atoms with E-state index in [1.54, 1.807) is 0 Å². The molecule has 1 unspecified atom stereocenters. The van der Waals surface area contributed by atoms with Crippen molar-refractivity contribution in [3.8, 4) is 0 Å². The molecule has 0 amide bonds. The number of hydrogen-bond donors (Lipinski definition) is 0. The van der Waals surface area contributed by atoms with Gasteiger partial charge >= 0.3 is 0 Å². The molecule has 2 aromatic carbocycles. The predicted octanol–water partition coefficient (Wildman–Crippen LogP) is 3.44. The van der Waals surface area contributed by atoms with Gasteiger partial charge in [-0.3, -0.25) is 14.6 Å². The van der Waals surface area contributed by atoms with Crippen LogP contribution in [0.2, 0.25) is 0 Å². The Morgan fingerprint density at radius 2 is 1.72 bits per heavy atom. The second kappa shape index (κ2) is 7.25. The normalized spacial score (nSPS) is 22.7. The summed E-state index contributed by atoms with van der Waals surface area (Å²) in [4.78, 5) is 18.4. The standard InChI is InChI=1S/C24H25N3O2/c1-18-15-22(25-29-18)24(16-20-9-5-6-10-21(20)23(24)28)27-13-11-26(12-14-27)17-19-7-3-2-4-8-19/h2-10,15H,11-14,16-17H2,1H3. The Morgan fingerprint density at radius 3 is 2.41 bits per heavy atom. The molecule has 1 aliphatic heterocycles. The largest absolute Gasteiger partial charge is 0.361 e. The van der Waals surface area contributed by atoms with Gasteiger partial charge in [-0.2, -0.15) is 0 Å². The molecule has 1 atom stereocenters. The molecule has 5 nitrogen and oxygen atoms in total. The third-order valence-corrected chi connectivity index (χ3v) is 6.30. The molecule has 5 heteroatoms. The highest BCUT2D eigenvalue weighted by molar-refractivity contribution is 6.07. The highest BCUT2D eigenvalue weighted by Gasteiger charge is 2.53. The Morgan fingerprint density at radius 1 is 1.00 bits per heavy atom. The summed E-state index contributed by atoms with van der Waals surface area (Å²) in [5.74, 6) is 0.892. The molecule has 1 aliphatic carbocycles. The Bertz CT molecular complexity index is 1020. The molecule has 0 N–H and O–H groups in total. The van der Waals surface area contributed by atoms with Crippen molar-refractivity contribution in [1.82, 2.24) is 15.0 Å². The fraction of sp³-hybridized carbons (Fsp3) is 0.333. The molecule has 1 aromatic heterocycles. The maximum Gasteiger partial charge on any atom is 0.189 e. The average molecular weight is 387 g/mol. The van der Waals surface area contributed by atoms with E-state index in [1.807, 2.05) is 31.2 Å². The van der Waals surface area contributed by atoms with Crippen LogP contribution in [0.25, 0.3) is 0 Å². The monoisotopic (exact) mass is 387 g/mol. The van der Waals surface area contributed by atoms with Crippen molar-refractivity contribution < 1.29 is 9.32 Å². The number of fused-ring (bicyclic) bond motifs is 1. The number of Topliss-reactive ketones (excluding diaryl/α,β-unsaturated/α-hetero) is 1. The molecular formula is C24H25N3O2. The van der Waals surface area contributed by atoms with Crippen molar-refractivity contribution >= 4 is 5.78 Å². The lowest BCUT2D eigenvalue weighted by atomic mass is 9.87. The summed E-state index contributed by atoms with van der Waals surface area (Å²) in [5.41, 5.74) is 3.24. The van der Waals surface area contributed by atoms with Gasteiger partial charge in [0.05, 0.1) is 0 Å². The molecule has 1 saturated heterocycles. The maximum atomic E-state index is 13.7. The minimum absolute atomic E-state index is 0.151. The number of benzene rings is 2. The summed E-state index contributed by atoms with van der Waals surface area (Å²) >= 11 is 0. The van der Waals surface area contributed by atoms with Crippen LogP contribution >= 0.6 is 0 Å². The average Bonchev–Trinajstić information content (AvgIpc) is 3.32. The Balaban J connectivity index is 1.42. The summed E-state index contributed by atoms with van der Waals surface area (Å²) in [6.07, 6.45) is 0.659. The lowest BCUT2D eigenvalue weighted by Gasteiger charge is -2.43. The van der Waals surface area contributed by atoms with Crippen LogP contribution in [0.3, 0.4) is 0 Å². The summed E-state index contributed by atoms with van der Waals surface area (Å²) in [5, 5.41) is 4.31. The van der Waals surface area contributed by atoms with Gasteiger partial charge in [0.2, 0.25) is 0 Å². The first kappa shape index (κ1) is 18.3. The van der Waals surface area contributed by atoms with Crippen LogP contribution in [0.5, 0.6) is 0 Å². The summed E-state index contributed by atoms with van der Waals surface area (Å²) in [7, 11) is 0. The molecule has 0 saturated carbocycles. The number of hydrogen-bond acceptors (Lipinski definition) is 5. The molecule has 0 radical (unpaired) electrons. The highest BCUT2D eigenvalue weighted by Crippen LogP contribution is 2.42. The van der Waals surface area contributed by atoms with Gasteiger partial charge in [-0.1, -0.05) is 59.8 Å². The second-order valence-corrected chi connectivity index (χ2v) is 8.09. The lowest BCUT2D eigenvalue weighted by molar-refractivity contribution is 0.0259. The number of carbonyl (C=O) groups is 1. The second-order valence-electron chi connectivity index (χ2n) is 8.09. The van der Waals surface area contributed by atoms with Crippen LogP contribution in [-0.2, 0) is 18.5 Å². The van der Waals surface area contributed by atoms with E-state index in [9.17, 15) is 4.79 Å². The maximum absolute atomic E-state index is 13.7. The number of ketones is 1.